The molecule has 1 heterocycles. The van der Waals surface area contributed by atoms with Crippen molar-refractivity contribution in [3.63, 3.8) is 0 Å². The Kier molecular flexibility index (Phi) is 2.54. The van der Waals surface area contributed by atoms with Crippen LogP contribution < -0.4 is 5.43 Å². The molecule has 0 saturated carbocycles. The van der Waals surface area contributed by atoms with Crippen molar-refractivity contribution in [3.8, 4) is 0 Å². The van der Waals surface area contributed by atoms with Crippen LogP contribution in [0.1, 0.15) is 0 Å². The first-order valence-electron chi connectivity index (χ1n) is 4.80. The number of sulfone groups is 1. The predicted octanol–water partition coefficient (Wildman–Crippen LogP) is 1.08. The molecule has 0 radical (unpaired) electrons. The zero-order chi connectivity index (χ0) is 12.8. The summed E-state index contributed by atoms with van der Waals surface area (Å²) in [6.45, 7) is 0. The highest BCUT2D eigenvalue weighted by molar-refractivity contribution is 7.90. The van der Waals surface area contributed by atoms with Gasteiger partial charge in [0.1, 0.15) is 10.7 Å². The molecule has 4 nitrogen and oxygen atoms in total. The van der Waals surface area contributed by atoms with E-state index in [0.717, 1.165) is 12.3 Å². The quantitative estimate of drug-likeness (QED) is 0.766. The molecular formula is C11H10FNO3S. The fourth-order valence-corrected chi connectivity index (χ4v) is 2.51. The molecule has 0 amide bonds. The number of pyridine rings is 1. The first-order chi connectivity index (χ1) is 7.82. The van der Waals surface area contributed by atoms with Gasteiger partial charge in [0.2, 0.25) is 5.43 Å². The van der Waals surface area contributed by atoms with E-state index in [1.54, 1.807) is 13.1 Å². The number of fused-ring (bicyclic) bond motifs is 1. The van der Waals surface area contributed by atoms with Gasteiger partial charge in [-0.05, 0) is 12.1 Å². The van der Waals surface area contributed by atoms with Crippen LogP contribution in [0.3, 0.4) is 0 Å². The largest absolute Gasteiger partial charge is 0.349 e. The lowest BCUT2D eigenvalue weighted by Crippen LogP contribution is -2.18. The lowest BCUT2D eigenvalue weighted by Gasteiger charge is -2.08. The van der Waals surface area contributed by atoms with Crippen LogP contribution in [0.5, 0.6) is 0 Å². The van der Waals surface area contributed by atoms with Gasteiger partial charge in [-0.2, -0.15) is 0 Å². The molecule has 0 N–H and O–H groups in total. The maximum atomic E-state index is 13.6. The van der Waals surface area contributed by atoms with Crippen LogP contribution >= 0.6 is 0 Å². The molecule has 2 rings (SSSR count). The van der Waals surface area contributed by atoms with Gasteiger partial charge in [-0.25, -0.2) is 12.8 Å². The van der Waals surface area contributed by atoms with Crippen molar-refractivity contribution in [1.82, 2.24) is 4.57 Å². The van der Waals surface area contributed by atoms with Gasteiger partial charge in [-0.1, -0.05) is 6.07 Å². The Balaban J connectivity index is 3.10. The van der Waals surface area contributed by atoms with Crippen molar-refractivity contribution in [1.29, 1.82) is 0 Å². The average Bonchev–Trinajstić information content (AvgIpc) is 2.21. The van der Waals surface area contributed by atoms with Crippen molar-refractivity contribution >= 4 is 20.7 Å². The van der Waals surface area contributed by atoms with Gasteiger partial charge in [-0.3, -0.25) is 4.79 Å². The highest BCUT2D eigenvalue weighted by Crippen LogP contribution is 2.16. The van der Waals surface area contributed by atoms with Crippen LogP contribution in [0, 0.1) is 5.82 Å². The number of nitrogens with zero attached hydrogens (tertiary/aromatic N) is 1. The van der Waals surface area contributed by atoms with Crippen LogP contribution in [0.2, 0.25) is 0 Å². The lowest BCUT2D eigenvalue weighted by atomic mass is 10.2. The number of rotatable bonds is 1. The van der Waals surface area contributed by atoms with E-state index < -0.39 is 26.0 Å². The van der Waals surface area contributed by atoms with E-state index in [2.05, 4.69) is 0 Å². The molecule has 6 heteroatoms. The molecule has 0 bridgehead atoms. The summed E-state index contributed by atoms with van der Waals surface area (Å²) in [7, 11) is -2.10. The van der Waals surface area contributed by atoms with Crippen LogP contribution in [-0.2, 0) is 16.9 Å². The van der Waals surface area contributed by atoms with Gasteiger partial charge in [0, 0.05) is 19.5 Å². The second kappa shape index (κ2) is 3.66. The number of halogens is 1. The van der Waals surface area contributed by atoms with Crippen LogP contribution in [0.15, 0.2) is 34.1 Å². The summed E-state index contributed by atoms with van der Waals surface area (Å²) in [5.74, 6) is -0.714. The minimum absolute atomic E-state index is 0.196. The molecule has 0 saturated heterocycles. The number of hydrogen-bond acceptors (Lipinski definition) is 3. The zero-order valence-corrected chi connectivity index (χ0v) is 10.1. The minimum Gasteiger partial charge on any atom is -0.349 e. The predicted molar refractivity (Wildman–Crippen MR) is 62.3 cm³/mol. The molecule has 1 aromatic heterocycles. The fraction of sp³-hybridized carbons (Fsp3) is 0.182. The molecule has 0 aliphatic rings. The fourth-order valence-electron chi connectivity index (χ4n) is 1.72. The molecule has 90 valence electrons. The summed E-state index contributed by atoms with van der Waals surface area (Å²) in [6, 6.07) is 4.17. The van der Waals surface area contributed by atoms with Crippen LogP contribution in [0.4, 0.5) is 4.39 Å². The van der Waals surface area contributed by atoms with Crippen molar-refractivity contribution < 1.29 is 12.8 Å². The Morgan fingerprint density at radius 3 is 2.53 bits per heavy atom. The maximum Gasteiger partial charge on any atom is 0.210 e. The first-order valence-corrected chi connectivity index (χ1v) is 6.69. The molecule has 0 aliphatic carbocycles. The zero-order valence-electron chi connectivity index (χ0n) is 9.27. The van der Waals surface area contributed by atoms with Gasteiger partial charge < -0.3 is 4.57 Å². The van der Waals surface area contributed by atoms with Crippen molar-refractivity contribution in [3.05, 3.63) is 40.4 Å². The SMILES string of the molecule is Cn1cc(S(C)(=O)=O)c(=O)c2c(F)cccc21. The highest BCUT2D eigenvalue weighted by Gasteiger charge is 2.17. The third-order valence-corrected chi connectivity index (χ3v) is 3.62. The van der Waals surface area contributed by atoms with E-state index in [9.17, 15) is 17.6 Å². The summed E-state index contributed by atoms with van der Waals surface area (Å²) in [4.78, 5) is 11.5. The van der Waals surface area contributed by atoms with Crippen molar-refractivity contribution in [2.45, 2.75) is 4.90 Å². The normalized spacial score (nSPS) is 11.9. The van der Waals surface area contributed by atoms with Crippen molar-refractivity contribution in [2.24, 2.45) is 7.05 Å². The Labute approximate surface area is 97.2 Å². The maximum absolute atomic E-state index is 13.6. The van der Waals surface area contributed by atoms with E-state index in [0.29, 0.717) is 5.52 Å². The van der Waals surface area contributed by atoms with E-state index in [1.165, 1.54) is 16.8 Å². The van der Waals surface area contributed by atoms with Crippen LogP contribution in [-0.4, -0.2) is 19.2 Å². The van der Waals surface area contributed by atoms with E-state index in [1.807, 2.05) is 0 Å². The minimum atomic E-state index is -3.66. The Bertz CT molecular complexity index is 762. The molecular weight excluding hydrogens is 245 g/mol. The van der Waals surface area contributed by atoms with E-state index in [-0.39, 0.29) is 5.39 Å². The standard InChI is InChI=1S/C11H10FNO3S/c1-13-6-9(17(2,15)16)11(14)10-7(12)4-3-5-8(10)13/h3-6H,1-2H3. The third kappa shape index (κ3) is 1.84. The molecule has 2 aromatic rings. The molecule has 0 aliphatic heterocycles. The topological polar surface area (TPSA) is 56.1 Å². The van der Waals surface area contributed by atoms with Gasteiger partial charge in [0.25, 0.3) is 0 Å². The summed E-state index contributed by atoms with van der Waals surface area (Å²) >= 11 is 0. The highest BCUT2D eigenvalue weighted by atomic mass is 32.2. The smallest absolute Gasteiger partial charge is 0.210 e. The Morgan fingerprint density at radius 1 is 1.29 bits per heavy atom. The molecule has 17 heavy (non-hydrogen) atoms. The van der Waals surface area contributed by atoms with E-state index >= 15 is 0 Å². The number of benzene rings is 1. The van der Waals surface area contributed by atoms with Gasteiger partial charge >= 0.3 is 0 Å². The number of aryl methyl sites for hydroxylation is 1. The van der Waals surface area contributed by atoms with Crippen molar-refractivity contribution in [2.75, 3.05) is 6.26 Å². The molecule has 0 unspecified atom stereocenters. The summed E-state index contributed by atoms with van der Waals surface area (Å²) < 4.78 is 37.9. The summed E-state index contributed by atoms with van der Waals surface area (Å²) in [5.41, 5.74) is -0.430. The lowest BCUT2D eigenvalue weighted by molar-refractivity contribution is 0.600. The van der Waals surface area contributed by atoms with Crippen LogP contribution in [0.25, 0.3) is 10.9 Å². The molecule has 0 atom stereocenters. The monoisotopic (exact) mass is 255 g/mol. The number of aromatic nitrogens is 1. The second-order valence-corrected chi connectivity index (χ2v) is 5.82. The molecule has 0 spiro atoms. The average molecular weight is 255 g/mol. The summed E-state index contributed by atoms with van der Waals surface area (Å²) in [5, 5.41) is -0.196. The third-order valence-electron chi connectivity index (χ3n) is 2.53. The van der Waals surface area contributed by atoms with E-state index in [4.69, 9.17) is 0 Å². The second-order valence-electron chi connectivity index (χ2n) is 3.84. The molecule has 1 aromatic carbocycles. The Hall–Kier alpha value is -1.69. The van der Waals surface area contributed by atoms with Gasteiger partial charge in [0.05, 0.1) is 10.9 Å². The molecule has 0 fully saturated rings. The van der Waals surface area contributed by atoms with Gasteiger partial charge in [-0.15, -0.1) is 0 Å². The number of hydrogen-bond donors (Lipinski definition) is 0. The van der Waals surface area contributed by atoms with Gasteiger partial charge in [0.15, 0.2) is 9.84 Å². The summed E-state index contributed by atoms with van der Waals surface area (Å²) in [6.07, 6.45) is 2.13. The Morgan fingerprint density at radius 2 is 1.94 bits per heavy atom. The first kappa shape index (κ1) is 11.8.